The topological polar surface area (TPSA) is 50.4 Å². The average Bonchev–Trinajstić information content (AvgIpc) is 2.08. The van der Waals surface area contributed by atoms with Crippen LogP contribution in [-0.4, -0.2) is 39.0 Å². The van der Waals surface area contributed by atoms with Crippen molar-refractivity contribution < 1.29 is 22.7 Å². The number of hydrogen-bond acceptors (Lipinski definition) is 2. The Bertz CT molecular complexity index is 173. The fourth-order valence-corrected chi connectivity index (χ4v) is 0.661. The Morgan fingerprint density at radius 1 is 1.36 bits per heavy atom. The van der Waals surface area contributed by atoms with Gasteiger partial charge in [-0.25, -0.2) is 4.79 Å². The molecule has 14 heavy (non-hydrogen) atoms. The van der Waals surface area contributed by atoms with Gasteiger partial charge in [0.25, 0.3) is 0 Å². The molecule has 7 heteroatoms. The minimum absolute atomic E-state index is 0.289. The normalized spacial score (nSPS) is 11.1. The third-order valence-electron chi connectivity index (χ3n) is 1.26. The zero-order valence-corrected chi connectivity index (χ0v) is 7.78. The highest BCUT2D eigenvalue weighted by Gasteiger charge is 2.27. The fraction of sp³-hybridized carbons (Fsp3) is 0.857. The van der Waals surface area contributed by atoms with E-state index in [1.54, 1.807) is 5.32 Å². The number of methoxy groups -OCH3 is 1. The van der Waals surface area contributed by atoms with Crippen LogP contribution in [0.3, 0.4) is 0 Å². The van der Waals surface area contributed by atoms with Crippen molar-refractivity contribution in [3.8, 4) is 0 Å². The third-order valence-corrected chi connectivity index (χ3v) is 1.26. The minimum Gasteiger partial charge on any atom is -0.385 e. The molecule has 0 aliphatic heterocycles. The van der Waals surface area contributed by atoms with Gasteiger partial charge in [-0.2, -0.15) is 13.2 Å². The predicted octanol–water partition coefficient (Wildman–Crippen LogP) is 0.884. The molecule has 2 amide bonds. The number of nitrogens with one attached hydrogen (secondary N) is 2. The molecule has 0 aromatic rings. The largest absolute Gasteiger partial charge is 0.405 e. The van der Waals surface area contributed by atoms with Gasteiger partial charge < -0.3 is 15.4 Å². The summed E-state index contributed by atoms with van der Waals surface area (Å²) in [5.74, 6) is 0. The van der Waals surface area contributed by atoms with Crippen LogP contribution in [-0.2, 0) is 4.74 Å². The number of amides is 2. The first-order valence-electron chi connectivity index (χ1n) is 4.03. The quantitative estimate of drug-likeness (QED) is 0.667. The number of carbonyl (C=O) groups is 1. The molecular formula is C7H13F3N2O2. The maximum atomic E-state index is 11.6. The van der Waals surface area contributed by atoms with E-state index in [0.29, 0.717) is 13.0 Å². The molecule has 0 aromatic carbocycles. The van der Waals surface area contributed by atoms with E-state index in [0.717, 1.165) is 0 Å². The van der Waals surface area contributed by atoms with Gasteiger partial charge in [-0.15, -0.1) is 0 Å². The summed E-state index contributed by atoms with van der Waals surface area (Å²) in [5.41, 5.74) is 0. The standard InChI is InChI=1S/C7H13F3N2O2/c1-14-4-2-3-11-6(13)12-5-7(8,9)10/h2-5H2,1H3,(H2,11,12,13). The van der Waals surface area contributed by atoms with E-state index in [2.05, 4.69) is 10.1 Å². The van der Waals surface area contributed by atoms with E-state index >= 15 is 0 Å². The molecule has 0 rings (SSSR count). The van der Waals surface area contributed by atoms with Gasteiger partial charge in [0.05, 0.1) is 0 Å². The summed E-state index contributed by atoms with van der Waals surface area (Å²) in [4.78, 5) is 10.7. The SMILES string of the molecule is COCCCNC(=O)NCC(F)(F)F. The maximum Gasteiger partial charge on any atom is 0.405 e. The van der Waals surface area contributed by atoms with Crippen molar-refractivity contribution in [3.05, 3.63) is 0 Å². The molecule has 0 fully saturated rings. The highest BCUT2D eigenvalue weighted by molar-refractivity contribution is 5.73. The number of ether oxygens (including phenoxy) is 1. The molecule has 0 saturated carbocycles. The lowest BCUT2D eigenvalue weighted by atomic mass is 10.4. The maximum absolute atomic E-state index is 11.6. The van der Waals surface area contributed by atoms with Gasteiger partial charge in [-0.1, -0.05) is 0 Å². The Labute approximate surface area is 79.8 Å². The summed E-state index contributed by atoms with van der Waals surface area (Å²) in [6, 6.07) is -0.821. The number of urea groups is 1. The number of alkyl halides is 3. The molecule has 0 saturated heterocycles. The van der Waals surface area contributed by atoms with Crippen LogP contribution in [0.2, 0.25) is 0 Å². The van der Waals surface area contributed by atoms with Gasteiger partial charge in [-0.05, 0) is 6.42 Å². The second-order valence-electron chi connectivity index (χ2n) is 2.57. The second kappa shape index (κ2) is 6.47. The van der Waals surface area contributed by atoms with E-state index < -0.39 is 18.8 Å². The van der Waals surface area contributed by atoms with Crippen molar-refractivity contribution in [3.63, 3.8) is 0 Å². The van der Waals surface area contributed by atoms with Gasteiger partial charge in [0.15, 0.2) is 0 Å². The van der Waals surface area contributed by atoms with Crippen molar-refractivity contribution in [2.75, 3.05) is 26.8 Å². The van der Waals surface area contributed by atoms with Gasteiger partial charge in [0, 0.05) is 20.3 Å². The molecule has 0 bridgehead atoms. The molecule has 0 radical (unpaired) electrons. The number of hydrogen-bond donors (Lipinski definition) is 2. The van der Waals surface area contributed by atoms with Crippen LogP contribution < -0.4 is 10.6 Å². The van der Waals surface area contributed by atoms with Crippen molar-refractivity contribution in [2.45, 2.75) is 12.6 Å². The Morgan fingerprint density at radius 2 is 2.00 bits per heavy atom. The smallest absolute Gasteiger partial charge is 0.385 e. The van der Waals surface area contributed by atoms with Crippen molar-refractivity contribution in [1.82, 2.24) is 10.6 Å². The van der Waals surface area contributed by atoms with Crippen LogP contribution in [0.25, 0.3) is 0 Å². The van der Waals surface area contributed by atoms with Crippen LogP contribution in [0.15, 0.2) is 0 Å². The first-order chi connectivity index (χ1) is 6.45. The van der Waals surface area contributed by atoms with E-state index in [9.17, 15) is 18.0 Å². The van der Waals surface area contributed by atoms with Crippen LogP contribution in [0.1, 0.15) is 6.42 Å². The minimum atomic E-state index is -4.37. The molecule has 84 valence electrons. The summed E-state index contributed by atoms with van der Waals surface area (Å²) >= 11 is 0. The van der Waals surface area contributed by atoms with Gasteiger partial charge >= 0.3 is 12.2 Å². The van der Waals surface area contributed by atoms with Crippen molar-refractivity contribution >= 4 is 6.03 Å². The summed E-state index contributed by atoms with van der Waals surface area (Å²) in [6.07, 6.45) is -3.81. The highest BCUT2D eigenvalue weighted by atomic mass is 19.4. The summed E-state index contributed by atoms with van der Waals surface area (Å²) in [5, 5.41) is 3.94. The molecule has 0 spiro atoms. The zero-order chi connectivity index (χ0) is 11.0. The Hall–Kier alpha value is -0.980. The lowest BCUT2D eigenvalue weighted by molar-refractivity contribution is -0.122. The number of halogens is 3. The fourth-order valence-electron chi connectivity index (χ4n) is 0.661. The van der Waals surface area contributed by atoms with Gasteiger partial charge in [-0.3, -0.25) is 0 Å². The van der Waals surface area contributed by atoms with Crippen molar-refractivity contribution in [2.24, 2.45) is 0 Å². The highest BCUT2D eigenvalue weighted by Crippen LogP contribution is 2.11. The van der Waals surface area contributed by atoms with Crippen LogP contribution in [0.4, 0.5) is 18.0 Å². The molecule has 0 aliphatic carbocycles. The van der Waals surface area contributed by atoms with Gasteiger partial charge in [0.1, 0.15) is 6.54 Å². The molecule has 2 N–H and O–H groups in total. The summed E-state index contributed by atoms with van der Waals surface area (Å²) in [7, 11) is 1.50. The molecule has 0 heterocycles. The molecular weight excluding hydrogens is 201 g/mol. The lowest BCUT2D eigenvalue weighted by Crippen LogP contribution is -2.41. The Morgan fingerprint density at radius 3 is 2.50 bits per heavy atom. The van der Waals surface area contributed by atoms with E-state index in [-0.39, 0.29) is 6.54 Å². The van der Waals surface area contributed by atoms with Gasteiger partial charge in [0.2, 0.25) is 0 Å². The molecule has 0 aromatic heterocycles. The summed E-state index contributed by atoms with van der Waals surface area (Å²) < 4.78 is 39.5. The van der Waals surface area contributed by atoms with Crippen LogP contribution in [0, 0.1) is 0 Å². The zero-order valence-electron chi connectivity index (χ0n) is 7.78. The molecule has 4 nitrogen and oxygen atoms in total. The summed E-state index contributed by atoms with van der Waals surface area (Å²) in [6.45, 7) is -0.569. The molecule has 0 aliphatic rings. The van der Waals surface area contributed by atoms with E-state index in [4.69, 9.17) is 0 Å². The monoisotopic (exact) mass is 214 g/mol. The van der Waals surface area contributed by atoms with Crippen LogP contribution >= 0.6 is 0 Å². The average molecular weight is 214 g/mol. The second-order valence-corrected chi connectivity index (χ2v) is 2.57. The van der Waals surface area contributed by atoms with E-state index in [1.165, 1.54) is 7.11 Å². The number of rotatable bonds is 5. The lowest BCUT2D eigenvalue weighted by Gasteiger charge is -2.09. The van der Waals surface area contributed by atoms with E-state index in [1.807, 2.05) is 0 Å². The first-order valence-corrected chi connectivity index (χ1v) is 4.03. The Kier molecular flexibility index (Phi) is 6.02. The van der Waals surface area contributed by atoms with Crippen LogP contribution in [0.5, 0.6) is 0 Å². The van der Waals surface area contributed by atoms with Crippen molar-refractivity contribution in [1.29, 1.82) is 0 Å². The predicted molar refractivity (Wildman–Crippen MR) is 43.9 cm³/mol. The Balaban J connectivity index is 3.38. The molecule has 0 atom stereocenters. The molecule has 0 unspecified atom stereocenters. The third kappa shape index (κ3) is 9.11. The number of carbonyl (C=O) groups excluding carboxylic acids is 1. The first kappa shape index (κ1) is 13.0.